The molecule has 1 fully saturated rings. The molecule has 1 aromatic carbocycles. The maximum Gasteiger partial charge on any atom is 0.414 e. The van der Waals surface area contributed by atoms with Crippen molar-refractivity contribution >= 4 is 40.5 Å². The van der Waals surface area contributed by atoms with Gasteiger partial charge in [0.15, 0.2) is 17.4 Å². The van der Waals surface area contributed by atoms with Gasteiger partial charge in [-0.25, -0.2) is 22.4 Å². The molecule has 3 rings (SSSR count). The average molecular weight is 417 g/mol. The van der Waals surface area contributed by atoms with Crippen molar-refractivity contribution in [3.63, 3.8) is 0 Å². The van der Waals surface area contributed by atoms with Gasteiger partial charge in [0.2, 0.25) is 0 Å². The van der Waals surface area contributed by atoms with Crippen LogP contribution in [0.5, 0.6) is 0 Å². The van der Waals surface area contributed by atoms with E-state index in [1.165, 1.54) is 17.2 Å². The number of carbonyl (C=O) groups is 2. The second-order valence-corrected chi connectivity index (χ2v) is 6.59. The second kappa shape index (κ2) is 8.13. The van der Waals surface area contributed by atoms with Crippen LogP contribution in [-0.4, -0.2) is 49.0 Å². The Hall–Kier alpha value is -2.69. The zero-order valence-corrected chi connectivity index (χ0v) is 15.1. The molecule has 0 radical (unpaired) electrons. The van der Waals surface area contributed by atoms with E-state index in [4.69, 9.17) is 4.74 Å². The first kappa shape index (κ1) is 20.1. The van der Waals surface area contributed by atoms with Crippen LogP contribution in [0.2, 0.25) is 0 Å². The second-order valence-electron chi connectivity index (χ2n) is 6.15. The third-order valence-corrected chi connectivity index (χ3v) is 4.54. The molecule has 0 aliphatic carbocycles. The molecule has 2 aliphatic heterocycles. The number of alkyl halides is 2. The Morgan fingerprint density at radius 3 is 2.54 bits per heavy atom. The number of benzene rings is 1. The van der Waals surface area contributed by atoms with Crippen LogP contribution in [0, 0.1) is 11.6 Å². The molecular formula is C17H15F4N3O3S. The number of allylic oxidation sites excluding steroid dienone is 1. The van der Waals surface area contributed by atoms with E-state index in [1.807, 2.05) is 0 Å². The summed E-state index contributed by atoms with van der Waals surface area (Å²) in [7, 11) is 0. The highest BCUT2D eigenvalue weighted by Gasteiger charge is 2.34. The Kier molecular flexibility index (Phi) is 5.82. The third kappa shape index (κ3) is 4.24. The maximum absolute atomic E-state index is 14.5. The summed E-state index contributed by atoms with van der Waals surface area (Å²) in [4.78, 5) is 24.8. The first-order valence-corrected chi connectivity index (χ1v) is 8.68. The normalized spacial score (nSPS) is 19.4. The molecule has 1 saturated heterocycles. The fourth-order valence-electron chi connectivity index (χ4n) is 2.86. The van der Waals surface area contributed by atoms with Gasteiger partial charge < -0.3 is 15.0 Å². The molecule has 6 nitrogen and oxygen atoms in total. The number of hydrogen-bond donors (Lipinski definition) is 1. The quantitative estimate of drug-likeness (QED) is 0.587. The van der Waals surface area contributed by atoms with Gasteiger partial charge in [-0.2, -0.15) is 0 Å². The minimum Gasteiger partial charge on any atom is -0.442 e. The van der Waals surface area contributed by atoms with E-state index in [2.05, 4.69) is 17.5 Å². The number of cyclic esters (lactones) is 1. The van der Waals surface area contributed by atoms with E-state index in [9.17, 15) is 27.2 Å². The molecule has 1 amide bonds. The molecule has 28 heavy (non-hydrogen) atoms. The molecule has 0 saturated carbocycles. The molecule has 2 aliphatic rings. The summed E-state index contributed by atoms with van der Waals surface area (Å²) in [5.41, 5.74) is -0.402. The number of ketones is 1. The summed E-state index contributed by atoms with van der Waals surface area (Å²) >= 11 is 4.44. The molecule has 1 aromatic rings. The number of thiocarbonyl (C=S) groups is 1. The summed E-state index contributed by atoms with van der Waals surface area (Å²) in [5, 5.41) is 2.28. The molecule has 0 aromatic heterocycles. The van der Waals surface area contributed by atoms with Crippen LogP contribution in [0.1, 0.15) is 6.42 Å². The van der Waals surface area contributed by atoms with Gasteiger partial charge in [0, 0.05) is 31.3 Å². The SMILES string of the molecule is O=C1C=CN(c2c(F)cc(N3C[C@H](CNC(=S)C(F)F)OC3=O)cc2F)CC1. The minimum absolute atomic E-state index is 0.0697. The number of ether oxygens (including phenoxy) is 1. The molecule has 0 unspecified atom stereocenters. The zero-order chi connectivity index (χ0) is 20.4. The number of rotatable bonds is 5. The number of hydrogen-bond acceptors (Lipinski definition) is 5. The lowest BCUT2D eigenvalue weighted by Gasteiger charge is -2.25. The predicted molar refractivity (Wildman–Crippen MR) is 96.7 cm³/mol. The van der Waals surface area contributed by atoms with Crippen molar-refractivity contribution in [1.82, 2.24) is 5.32 Å². The minimum atomic E-state index is -2.84. The highest BCUT2D eigenvalue weighted by molar-refractivity contribution is 7.80. The Morgan fingerprint density at radius 1 is 1.29 bits per heavy atom. The van der Waals surface area contributed by atoms with Crippen molar-refractivity contribution in [1.29, 1.82) is 0 Å². The average Bonchev–Trinajstić information content (AvgIpc) is 3.01. The number of nitrogens with zero attached hydrogens (tertiary/aromatic N) is 2. The van der Waals surface area contributed by atoms with Crippen molar-refractivity contribution in [2.24, 2.45) is 0 Å². The molecule has 0 spiro atoms. The number of carbonyl (C=O) groups excluding carboxylic acids is 2. The Bertz CT molecular complexity index is 826. The predicted octanol–water partition coefficient (Wildman–Crippen LogP) is 2.77. The molecule has 2 heterocycles. The van der Waals surface area contributed by atoms with E-state index in [0.29, 0.717) is 0 Å². The molecule has 1 N–H and O–H groups in total. The highest BCUT2D eigenvalue weighted by atomic mass is 32.1. The van der Waals surface area contributed by atoms with Gasteiger partial charge in [-0.1, -0.05) is 12.2 Å². The lowest BCUT2D eigenvalue weighted by molar-refractivity contribution is -0.114. The first-order chi connectivity index (χ1) is 13.3. The van der Waals surface area contributed by atoms with E-state index >= 15 is 0 Å². The van der Waals surface area contributed by atoms with Crippen LogP contribution in [0.4, 0.5) is 33.7 Å². The Balaban J connectivity index is 1.73. The third-order valence-electron chi connectivity index (χ3n) is 4.22. The summed E-state index contributed by atoms with van der Waals surface area (Å²) in [6, 6.07) is 1.95. The molecule has 11 heteroatoms. The fourth-order valence-corrected chi connectivity index (χ4v) is 2.94. The van der Waals surface area contributed by atoms with Gasteiger partial charge in [-0.3, -0.25) is 9.69 Å². The highest BCUT2D eigenvalue weighted by Crippen LogP contribution is 2.32. The van der Waals surface area contributed by atoms with E-state index in [1.54, 1.807) is 0 Å². The number of amides is 1. The zero-order valence-electron chi connectivity index (χ0n) is 14.3. The molecular weight excluding hydrogens is 402 g/mol. The Morgan fingerprint density at radius 2 is 1.96 bits per heavy atom. The van der Waals surface area contributed by atoms with E-state index in [0.717, 1.165) is 17.0 Å². The van der Waals surface area contributed by atoms with Crippen molar-refractivity contribution < 1.29 is 31.9 Å². The summed E-state index contributed by atoms with van der Waals surface area (Å²) in [5.74, 6) is -1.97. The van der Waals surface area contributed by atoms with Crippen molar-refractivity contribution in [3.8, 4) is 0 Å². The van der Waals surface area contributed by atoms with Crippen molar-refractivity contribution in [2.45, 2.75) is 19.0 Å². The van der Waals surface area contributed by atoms with Crippen LogP contribution in [0.25, 0.3) is 0 Å². The standard InChI is InChI=1S/C17H15F4N3O3S/c18-12-5-9(6-13(19)14(12)23-3-1-10(25)2-4-23)24-8-11(27-17(24)26)7-22-16(28)15(20)21/h1,3,5-6,11,15H,2,4,7-8H2,(H,22,28)/t11-/m0/s1. The van der Waals surface area contributed by atoms with E-state index in [-0.39, 0.29) is 43.2 Å². The fraction of sp³-hybridized carbons (Fsp3) is 0.353. The molecule has 0 bridgehead atoms. The van der Waals surface area contributed by atoms with Gasteiger partial charge in [0.1, 0.15) is 16.8 Å². The number of halogens is 4. The van der Waals surface area contributed by atoms with Gasteiger partial charge in [0.05, 0.1) is 18.8 Å². The van der Waals surface area contributed by atoms with Gasteiger partial charge >= 0.3 is 6.09 Å². The van der Waals surface area contributed by atoms with Gasteiger partial charge in [-0.05, 0) is 6.08 Å². The Labute approximate surface area is 162 Å². The first-order valence-electron chi connectivity index (χ1n) is 8.27. The lowest BCUT2D eigenvalue weighted by atomic mass is 10.1. The van der Waals surface area contributed by atoms with Crippen molar-refractivity contribution in [2.75, 3.05) is 29.4 Å². The van der Waals surface area contributed by atoms with Crippen LogP contribution < -0.4 is 15.1 Å². The van der Waals surface area contributed by atoms with Gasteiger partial charge in [-0.15, -0.1) is 0 Å². The lowest BCUT2D eigenvalue weighted by Crippen LogP contribution is -2.36. The van der Waals surface area contributed by atoms with Gasteiger partial charge in [0.25, 0.3) is 6.43 Å². The topological polar surface area (TPSA) is 61.9 Å². The maximum atomic E-state index is 14.5. The largest absolute Gasteiger partial charge is 0.442 e. The molecule has 1 atom stereocenters. The number of anilines is 2. The summed E-state index contributed by atoms with van der Waals surface area (Å²) in [6.45, 7) is -0.110. The summed E-state index contributed by atoms with van der Waals surface area (Å²) in [6.07, 6.45) is -1.85. The number of nitrogens with one attached hydrogen (secondary N) is 1. The van der Waals surface area contributed by atoms with Crippen LogP contribution in [0.3, 0.4) is 0 Å². The molecule has 150 valence electrons. The smallest absolute Gasteiger partial charge is 0.414 e. The van der Waals surface area contributed by atoms with E-state index < -0.39 is 35.2 Å². The summed E-state index contributed by atoms with van der Waals surface area (Å²) < 4.78 is 58.8. The van der Waals surface area contributed by atoms with Crippen LogP contribution in [0.15, 0.2) is 24.4 Å². The van der Waals surface area contributed by atoms with Crippen molar-refractivity contribution in [3.05, 3.63) is 36.0 Å². The van der Waals surface area contributed by atoms with Crippen LogP contribution in [-0.2, 0) is 9.53 Å². The monoisotopic (exact) mass is 417 g/mol. The van der Waals surface area contributed by atoms with Crippen LogP contribution >= 0.6 is 12.2 Å².